The lowest BCUT2D eigenvalue weighted by Gasteiger charge is -2.40. The van der Waals surface area contributed by atoms with Crippen LogP contribution < -0.4 is 0 Å². The molecule has 5 heteroatoms. The minimum atomic E-state index is -1.93. The quantitative estimate of drug-likeness (QED) is 0.428. The van der Waals surface area contributed by atoms with Gasteiger partial charge in [-0.2, -0.15) is 0 Å². The van der Waals surface area contributed by atoms with Crippen molar-refractivity contribution in [2.24, 2.45) is 5.92 Å². The maximum absolute atomic E-state index is 12.1. The zero-order valence-corrected chi connectivity index (χ0v) is 14.6. The Bertz CT molecular complexity index is 323. The number of carbonyl (C=O) groups excluding carboxylic acids is 1. The van der Waals surface area contributed by atoms with Crippen molar-refractivity contribution in [3.8, 4) is 0 Å². The zero-order valence-electron chi connectivity index (χ0n) is 13.6. The third-order valence-corrected chi connectivity index (χ3v) is 8.41. The van der Waals surface area contributed by atoms with Crippen molar-refractivity contribution < 1.29 is 14.1 Å². The molecule has 0 aliphatic carbocycles. The summed E-state index contributed by atoms with van der Waals surface area (Å²) >= 11 is 0. The molecule has 0 saturated carbocycles. The second-order valence-electron chi connectivity index (χ2n) is 6.39. The first-order valence-electron chi connectivity index (χ1n) is 6.60. The minimum absolute atomic E-state index is 0.101. The van der Waals surface area contributed by atoms with Crippen molar-refractivity contribution in [2.45, 2.75) is 51.9 Å². The van der Waals surface area contributed by atoms with Gasteiger partial charge in [-0.1, -0.05) is 33.8 Å². The lowest BCUT2D eigenvalue weighted by Crippen LogP contribution is -2.47. The molecule has 0 fully saturated rings. The van der Waals surface area contributed by atoms with Crippen LogP contribution in [0.25, 0.3) is 0 Å². The number of hydrogen-bond acceptors (Lipinski definition) is 3. The van der Waals surface area contributed by atoms with Crippen molar-refractivity contribution in [1.82, 2.24) is 5.06 Å². The van der Waals surface area contributed by atoms with E-state index in [9.17, 15) is 4.79 Å². The Kier molecular flexibility index (Phi) is 6.45. The summed E-state index contributed by atoms with van der Waals surface area (Å²) in [5, 5.41) is 1.33. The lowest BCUT2D eigenvalue weighted by molar-refractivity contribution is -0.175. The second-order valence-corrected chi connectivity index (χ2v) is 11.1. The van der Waals surface area contributed by atoms with Gasteiger partial charge in [-0.05, 0) is 18.1 Å². The van der Waals surface area contributed by atoms with E-state index >= 15 is 0 Å². The van der Waals surface area contributed by atoms with Crippen LogP contribution in [0.15, 0.2) is 12.7 Å². The smallest absolute Gasteiger partial charge is 0.251 e. The van der Waals surface area contributed by atoms with Crippen LogP contribution in [0.3, 0.4) is 0 Å². The molecule has 4 nitrogen and oxygen atoms in total. The highest BCUT2D eigenvalue weighted by atomic mass is 28.4. The van der Waals surface area contributed by atoms with Crippen LogP contribution in [0.1, 0.15) is 27.7 Å². The highest BCUT2D eigenvalue weighted by molar-refractivity contribution is 6.74. The summed E-state index contributed by atoms with van der Waals surface area (Å²) in [5.41, 5.74) is 0. The number of amides is 1. The molecule has 0 spiro atoms. The fourth-order valence-electron chi connectivity index (χ4n) is 1.39. The van der Waals surface area contributed by atoms with Crippen molar-refractivity contribution in [3.63, 3.8) is 0 Å². The fourth-order valence-corrected chi connectivity index (χ4v) is 2.72. The van der Waals surface area contributed by atoms with Gasteiger partial charge in [-0.15, -0.1) is 6.58 Å². The number of hydrogen-bond donors (Lipinski definition) is 0. The van der Waals surface area contributed by atoms with Crippen LogP contribution in [0.2, 0.25) is 18.1 Å². The van der Waals surface area contributed by atoms with E-state index in [-0.39, 0.29) is 23.0 Å². The molecule has 0 saturated heterocycles. The Morgan fingerprint density at radius 3 is 2.16 bits per heavy atom. The summed E-state index contributed by atoms with van der Waals surface area (Å²) in [6.45, 7) is 16.5. The SMILES string of the molecule is C=C[C@@H](O[Si](C)(C)C(C)(C)C)[C@H](C)C(=O)N(C)OC. The number of carbonyl (C=O) groups is 1. The molecule has 0 radical (unpaired) electrons. The Morgan fingerprint density at radius 1 is 1.37 bits per heavy atom. The molecule has 0 unspecified atom stereocenters. The predicted molar refractivity (Wildman–Crippen MR) is 81.2 cm³/mol. The molecule has 0 aliphatic rings. The molecule has 1 amide bonds. The van der Waals surface area contributed by atoms with Gasteiger partial charge in [-0.3, -0.25) is 9.63 Å². The van der Waals surface area contributed by atoms with E-state index < -0.39 is 8.32 Å². The Morgan fingerprint density at radius 2 is 1.84 bits per heavy atom. The van der Waals surface area contributed by atoms with Crippen molar-refractivity contribution in [2.75, 3.05) is 14.2 Å². The summed E-state index contributed by atoms with van der Waals surface area (Å²) in [6, 6.07) is 0. The molecule has 0 aromatic rings. The summed E-state index contributed by atoms with van der Waals surface area (Å²) in [4.78, 5) is 17.0. The van der Waals surface area contributed by atoms with Gasteiger partial charge in [0, 0.05) is 7.05 Å². The maximum atomic E-state index is 12.1. The molecule has 0 heterocycles. The van der Waals surface area contributed by atoms with E-state index in [0.29, 0.717) is 0 Å². The molecule has 0 N–H and O–H groups in total. The van der Waals surface area contributed by atoms with Gasteiger partial charge in [0.25, 0.3) is 5.91 Å². The monoisotopic (exact) mass is 287 g/mol. The molecular weight excluding hydrogens is 258 g/mol. The topological polar surface area (TPSA) is 38.8 Å². The van der Waals surface area contributed by atoms with Gasteiger partial charge < -0.3 is 4.43 Å². The van der Waals surface area contributed by atoms with E-state index in [2.05, 4.69) is 40.4 Å². The third-order valence-electron chi connectivity index (χ3n) is 3.94. The molecular formula is C14H29NO3Si. The summed E-state index contributed by atoms with van der Waals surface area (Å²) < 4.78 is 6.25. The first kappa shape index (κ1) is 18.3. The summed E-state index contributed by atoms with van der Waals surface area (Å²) in [5.74, 6) is -0.414. The predicted octanol–water partition coefficient (Wildman–Crippen LogP) is 3.22. The minimum Gasteiger partial charge on any atom is -0.410 e. The number of rotatable bonds is 6. The summed E-state index contributed by atoms with van der Waals surface area (Å²) in [7, 11) is 1.15. The third kappa shape index (κ3) is 4.74. The molecule has 0 aromatic carbocycles. The van der Waals surface area contributed by atoms with Crippen molar-refractivity contribution >= 4 is 14.2 Å². The average molecular weight is 287 g/mol. The van der Waals surface area contributed by atoms with Crippen LogP contribution in [-0.2, 0) is 14.1 Å². The number of nitrogens with zero attached hydrogens (tertiary/aromatic N) is 1. The van der Waals surface area contributed by atoms with Crippen LogP contribution in [-0.4, -0.2) is 39.5 Å². The zero-order chi connectivity index (χ0) is 15.4. The van der Waals surface area contributed by atoms with Crippen LogP contribution in [0, 0.1) is 5.92 Å². The van der Waals surface area contributed by atoms with Gasteiger partial charge in [0.05, 0.1) is 19.1 Å². The Hall–Kier alpha value is -0.653. The molecule has 0 aliphatic heterocycles. The normalized spacial score (nSPS) is 15.8. The summed E-state index contributed by atoms with van der Waals surface area (Å²) in [6.07, 6.45) is 1.43. The lowest BCUT2D eigenvalue weighted by atomic mass is 10.0. The van der Waals surface area contributed by atoms with Crippen LogP contribution >= 0.6 is 0 Å². The van der Waals surface area contributed by atoms with E-state index in [0.717, 1.165) is 0 Å². The highest BCUT2D eigenvalue weighted by Crippen LogP contribution is 2.38. The first-order chi connectivity index (χ1) is 8.47. The fraction of sp³-hybridized carbons (Fsp3) is 0.786. The molecule has 0 aromatic heterocycles. The van der Waals surface area contributed by atoms with Gasteiger partial charge in [-0.25, -0.2) is 5.06 Å². The van der Waals surface area contributed by atoms with Crippen LogP contribution in [0.4, 0.5) is 0 Å². The van der Waals surface area contributed by atoms with Gasteiger partial charge in [0.2, 0.25) is 0 Å². The van der Waals surface area contributed by atoms with E-state index in [1.54, 1.807) is 13.1 Å². The van der Waals surface area contributed by atoms with E-state index in [4.69, 9.17) is 9.26 Å². The molecule has 2 atom stereocenters. The average Bonchev–Trinajstić information content (AvgIpc) is 2.31. The van der Waals surface area contributed by atoms with Crippen molar-refractivity contribution in [1.29, 1.82) is 0 Å². The van der Waals surface area contributed by atoms with E-state index in [1.165, 1.54) is 12.2 Å². The Balaban J connectivity index is 4.95. The molecule has 112 valence electrons. The largest absolute Gasteiger partial charge is 0.410 e. The number of hydroxylamine groups is 2. The first-order valence-corrected chi connectivity index (χ1v) is 9.50. The van der Waals surface area contributed by atoms with Crippen LogP contribution in [0.5, 0.6) is 0 Å². The second kappa shape index (κ2) is 6.68. The molecule has 0 bridgehead atoms. The van der Waals surface area contributed by atoms with Gasteiger partial charge >= 0.3 is 0 Å². The van der Waals surface area contributed by atoms with Gasteiger partial charge in [0.1, 0.15) is 0 Å². The highest BCUT2D eigenvalue weighted by Gasteiger charge is 2.40. The van der Waals surface area contributed by atoms with Crippen molar-refractivity contribution in [3.05, 3.63) is 12.7 Å². The maximum Gasteiger partial charge on any atom is 0.251 e. The van der Waals surface area contributed by atoms with E-state index in [1.807, 2.05) is 6.92 Å². The standard InChI is InChI=1S/C14H29NO3Si/c1-10-12(11(2)13(16)15(6)17-7)18-19(8,9)14(3,4)5/h10-12H,1H2,2-9H3/t11-,12+/m0/s1. The van der Waals surface area contributed by atoms with Gasteiger partial charge in [0.15, 0.2) is 8.32 Å². The molecule has 19 heavy (non-hydrogen) atoms. The molecule has 0 rings (SSSR count). The Labute approximate surface area is 118 Å².